The molecule has 3 fully saturated rings. The summed E-state index contributed by atoms with van der Waals surface area (Å²) in [6.45, 7) is 4.82. The lowest BCUT2D eigenvalue weighted by atomic mass is 9.79. The van der Waals surface area contributed by atoms with Crippen molar-refractivity contribution >= 4 is 0 Å². The minimum atomic E-state index is 0. The zero-order valence-corrected chi connectivity index (χ0v) is 13.6. The largest absolute Gasteiger partial charge is 0.479 e. The molecule has 3 aliphatic heterocycles. The Morgan fingerprint density at radius 3 is 2.52 bits per heavy atom. The Labute approximate surface area is 137 Å². The molecular formula is C18H25N3O2. The van der Waals surface area contributed by atoms with E-state index in [-0.39, 0.29) is 5.48 Å². The first kappa shape index (κ1) is 16.0. The Balaban J connectivity index is 0.00000156. The molecule has 1 aromatic heterocycles. The van der Waals surface area contributed by atoms with Gasteiger partial charge in [0.1, 0.15) is 0 Å². The van der Waals surface area contributed by atoms with Crippen LogP contribution in [0.2, 0.25) is 0 Å². The Morgan fingerprint density at radius 2 is 1.91 bits per heavy atom. The summed E-state index contributed by atoms with van der Waals surface area (Å²) in [4.78, 5) is 2.60. The molecular weight excluding hydrogens is 290 g/mol. The quantitative estimate of drug-likeness (QED) is 0.868. The zero-order chi connectivity index (χ0) is 14.9. The fourth-order valence-corrected chi connectivity index (χ4v) is 4.00. The number of hydrogen-bond acceptors (Lipinski definition) is 3. The first-order chi connectivity index (χ1) is 10.8. The predicted molar refractivity (Wildman–Crippen MR) is 90.5 cm³/mol. The highest BCUT2D eigenvalue weighted by Crippen LogP contribution is 2.34. The number of ether oxygens (including phenoxy) is 1. The summed E-state index contributed by atoms with van der Waals surface area (Å²) in [6.07, 6.45) is 4.86. The predicted octanol–water partition coefficient (Wildman–Crippen LogP) is 2.08. The molecule has 0 amide bonds. The summed E-state index contributed by atoms with van der Waals surface area (Å²) < 4.78 is 7.58. The lowest BCUT2D eigenvalue weighted by Crippen LogP contribution is -2.48. The van der Waals surface area contributed by atoms with E-state index in [1.807, 2.05) is 6.07 Å². The second kappa shape index (κ2) is 6.72. The first-order valence-electron chi connectivity index (χ1n) is 8.22. The zero-order valence-electron chi connectivity index (χ0n) is 13.6. The molecule has 0 aliphatic carbocycles. The van der Waals surface area contributed by atoms with Crippen molar-refractivity contribution in [2.45, 2.75) is 19.4 Å². The molecule has 5 rings (SSSR count). The second-order valence-electron chi connectivity index (χ2n) is 6.54. The summed E-state index contributed by atoms with van der Waals surface area (Å²) >= 11 is 0. The van der Waals surface area contributed by atoms with E-state index in [0.717, 1.165) is 29.8 Å². The monoisotopic (exact) mass is 315 g/mol. The lowest BCUT2D eigenvalue weighted by Gasteiger charge is -2.44. The number of fused-ring (bicyclic) bond motifs is 3. The van der Waals surface area contributed by atoms with Gasteiger partial charge in [-0.1, -0.05) is 30.3 Å². The van der Waals surface area contributed by atoms with E-state index in [2.05, 4.69) is 45.1 Å². The number of rotatable bonds is 4. The van der Waals surface area contributed by atoms with Crippen molar-refractivity contribution < 1.29 is 10.2 Å². The smallest absolute Gasteiger partial charge is 0.240 e. The van der Waals surface area contributed by atoms with Crippen molar-refractivity contribution in [1.82, 2.24) is 14.7 Å². The average molecular weight is 315 g/mol. The highest BCUT2D eigenvalue weighted by atomic mass is 16.5. The van der Waals surface area contributed by atoms with Crippen molar-refractivity contribution in [2.24, 2.45) is 11.8 Å². The molecule has 4 heterocycles. The first-order valence-corrected chi connectivity index (χ1v) is 8.22. The van der Waals surface area contributed by atoms with Crippen LogP contribution in [-0.4, -0.2) is 46.9 Å². The Hall–Kier alpha value is -1.85. The highest BCUT2D eigenvalue weighted by Gasteiger charge is 2.34. The van der Waals surface area contributed by atoms with E-state index >= 15 is 0 Å². The third kappa shape index (κ3) is 3.12. The number of methoxy groups -OCH3 is 1. The highest BCUT2D eigenvalue weighted by molar-refractivity contribution is 5.67. The SMILES string of the molecule is COc1nn(CC2CN3CCC2CC3)cc1-c1ccccc1.O. The van der Waals surface area contributed by atoms with Crippen molar-refractivity contribution in [1.29, 1.82) is 0 Å². The van der Waals surface area contributed by atoms with Crippen LogP contribution in [0.5, 0.6) is 5.88 Å². The average Bonchev–Trinajstić information content (AvgIpc) is 3.00. The van der Waals surface area contributed by atoms with Gasteiger partial charge in [0.2, 0.25) is 5.88 Å². The standard InChI is InChI=1S/C18H23N3O.H2O/c1-22-18-17(15-5-3-2-4-6-15)13-21(19-18)12-16-11-20-9-7-14(16)8-10-20;/h2-6,13-14,16H,7-12H2,1H3;1H2. The number of benzene rings is 1. The van der Waals surface area contributed by atoms with Crippen LogP contribution in [-0.2, 0) is 6.54 Å². The molecule has 2 N–H and O–H groups in total. The normalized spacial score (nSPS) is 25.9. The molecule has 5 nitrogen and oxygen atoms in total. The molecule has 0 radical (unpaired) electrons. The van der Waals surface area contributed by atoms with E-state index in [1.54, 1.807) is 7.11 Å². The molecule has 1 aromatic carbocycles. The maximum atomic E-state index is 5.49. The minimum absolute atomic E-state index is 0. The third-order valence-electron chi connectivity index (χ3n) is 5.22. The Kier molecular flexibility index (Phi) is 4.68. The van der Waals surface area contributed by atoms with Gasteiger partial charge in [-0.15, -0.1) is 5.10 Å². The van der Waals surface area contributed by atoms with E-state index in [9.17, 15) is 0 Å². The van der Waals surface area contributed by atoms with Crippen molar-refractivity contribution in [3.63, 3.8) is 0 Å². The molecule has 2 aromatic rings. The Morgan fingerprint density at radius 1 is 1.17 bits per heavy atom. The summed E-state index contributed by atoms with van der Waals surface area (Å²) in [7, 11) is 1.70. The van der Waals surface area contributed by atoms with E-state index in [1.165, 1.54) is 38.0 Å². The molecule has 1 unspecified atom stereocenters. The van der Waals surface area contributed by atoms with Gasteiger partial charge >= 0.3 is 0 Å². The van der Waals surface area contributed by atoms with Gasteiger partial charge < -0.3 is 15.1 Å². The van der Waals surface area contributed by atoms with Crippen LogP contribution < -0.4 is 4.74 Å². The summed E-state index contributed by atoms with van der Waals surface area (Å²) in [6, 6.07) is 10.4. The molecule has 3 aliphatic rings. The van der Waals surface area contributed by atoms with Gasteiger partial charge in [-0.25, -0.2) is 0 Å². The third-order valence-corrected chi connectivity index (χ3v) is 5.22. The van der Waals surface area contributed by atoms with E-state index < -0.39 is 0 Å². The minimum Gasteiger partial charge on any atom is -0.479 e. The molecule has 0 spiro atoms. The van der Waals surface area contributed by atoms with E-state index in [0.29, 0.717) is 0 Å². The fraction of sp³-hybridized carbons (Fsp3) is 0.500. The van der Waals surface area contributed by atoms with Crippen LogP contribution in [0.25, 0.3) is 11.1 Å². The van der Waals surface area contributed by atoms with Crippen LogP contribution in [0, 0.1) is 11.8 Å². The Bertz CT molecular complexity index is 633. The molecule has 1 atom stereocenters. The molecule has 0 saturated carbocycles. The number of piperidine rings is 3. The van der Waals surface area contributed by atoms with Crippen LogP contribution in [0.1, 0.15) is 12.8 Å². The lowest BCUT2D eigenvalue weighted by molar-refractivity contribution is 0.0404. The maximum Gasteiger partial charge on any atom is 0.240 e. The molecule has 23 heavy (non-hydrogen) atoms. The van der Waals surface area contributed by atoms with Crippen molar-refractivity contribution in [2.75, 3.05) is 26.7 Å². The van der Waals surface area contributed by atoms with Crippen LogP contribution in [0.3, 0.4) is 0 Å². The van der Waals surface area contributed by atoms with E-state index in [4.69, 9.17) is 4.74 Å². The number of hydrogen-bond donors (Lipinski definition) is 0. The fourth-order valence-electron chi connectivity index (χ4n) is 4.00. The second-order valence-corrected chi connectivity index (χ2v) is 6.54. The summed E-state index contributed by atoms with van der Waals surface area (Å²) in [5.74, 6) is 2.34. The molecule has 5 heteroatoms. The van der Waals surface area contributed by atoms with Gasteiger partial charge in [0.25, 0.3) is 0 Å². The van der Waals surface area contributed by atoms with Crippen molar-refractivity contribution in [3.8, 4) is 17.0 Å². The van der Waals surface area contributed by atoms with Crippen molar-refractivity contribution in [3.05, 3.63) is 36.5 Å². The van der Waals surface area contributed by atoms with Gasteiger partial charge in [0.15, 0.2) is 0 Å². The van der Waals surface area contributed by atoms with Gasteiger partial charge in [-0.3, -0.25) is 4.68 Å². The molecule has 124 valence electrons. The molecule has 2 bridgehead atoms. The van der Waals surface area contributed by atoms with Crippen LogP contribution in [0.15, 0.2) is 36.5 Å². The van der Waals surface area contributed by atoms with Crippen LogP contribution >= 0.6 is 0 Å². The summed E-state index contributed by atoms with van der Waals surface area (Å²) in [5.41, 5.74) is 2.25. The van der Waals surface area contributed by atoms with Gasteiger partial charge in [0, 0.05) is 19.3 Å². The molecule has 3 saturated heterocycles. The maximum absolute atomic E-state index is 5.49. The summed E-state index contributed by atoms with van der Waals surface area (Å²) in [5, 5.41) is 4.66. The van der Waals surface area contributed by atoms with Gasteiger partial charge in [-0.05, 0) is 43.3 Å². The topological polar surface area (TPSA) is 61.8 Å². The van der Waals surface area contributed by atoms with Gasteiger partial charge in [0.05, 0.1) is 12.7 Å². The number of nitrogens with zero attached hydrogens (tertiary/aromatic N) is 3. The van der Waals surface area contributed by atoms with Crippen LogP contribution in [0.4, 0.5) is 0 Å². The number of aromatic nitrogens is 2. The van der Waals surface area contributed by atoms with Gasteiger partial charge in [-0.2, -0.15) is 0 Å².